The summed E-state index contributed by atoms with van der Waals surface area (Å²) in [5, 5.41) is 13.0. The third kappa shape index (κ3) is 4.16. The summed E-state index contributed by atoms with van der Waals surface area (Å²) in [6.45, 7) is 5.25. The van der Waals surface area contributed by atoms with Crippen molar-refractivity contribution >= 4 is 0 Å². The molecule has 0 heterocycles. The van der Waals surface area contributed by atoms with Gasteiger partial charge in [0.15, 0.2) is 0 Å². The van der Waals surface area contributed by atoms with E-state index in [1.165, 1.54) is 16.7 Å². The quantitative estimate of drug-likeness (QED) is 0.805. The first-order valence-corrected chi connectivity index (χ1v) is 7.78. The molecule has 2 aromatic rings. The molecule has 0 spiro atoms. The number of hydrogen-bond donors (Lipinski definition) is 2. The number of aliphatic hydroxyl groups is 1. The maximum atomic E-state index is 9.39. The normalized spacial score (nSPS) is 12.3. The van der Waals surface area contributed by atoms with Gasteiger partial charge in [-0.15, -0.1) is 0 Å². The van der Waals surface area contributed by atoms with Crippen molar-refractivity contribution in [3.05, 3.63) is 70.8 Å². The van der Waals surface area contributed by atoms with Crippen LogP contribution in [-0.2, 0) is 19.6 Å². The lowest BCUT2D eigenvalue weighted by Gasteiger charge is -2.19. The zero-order valence-corrected chi connectivity index (χ0v) is 13.0. The van der Waals surface area contributed by atoms with E-state index in [0.29, 0.717) is 6.04 Å². The molecule has 0 fully saturated rings. The first kappa shape index (κ1) is 15.7. The van der Waals surface area contributed by atoms with Crippen LogP contribution in [0.2, 0.25) is 0 Å². The van der Waals surface area contributed by atoms with Gasteiger partial charge in [-0.2, -0.15) is 0 Å². The lowest BCUT2D eigenvalue weighted by Crippen LogP contribution is -2.21. The number of benzene rings is 2. The highest BCUT2D eigenvalue weighted by Gasteiger charge is 2.09. The van der Waals surface area contributed by atoms with Crippen molar-refractivity contribution in [1.29, 1.82) is 0 Å². The Morgan fingerprint density at radius 2 is 1.62 bits per heavy atom. The van der Waals surface area contributed by atoms with Crippen LogP contribution in [-0.4, -0.2) is 5.11 Å². The van der Waals surface area contributed by atoms with Crippen LogP contribution in [0.5, 0.6) is 0 Å². The first-order valence-electron chi connectivity index (χ1n) is 7.78. The van der Waals surface area contributed by atoms with Gasteiger partial charge in [0.05, 0.1) is 6.61 Å². The van der Waals surface area contributed by atoms with Crippen LogP contribution in [0.25, 0.3) is 0 Å². The molecule has 0 aliphatic heterocycles. The van der Waals surface area contributed by atoms with Gasteiger partial charge in [0.1, 0.15) is 0 Å². The number of rotatable bonds is 7. The molecule has 0 aliphatic rings. The van der Waals surface area contributed by atoms with E-state index in [0.717, 1.165) is 24.9 Å². The second-order valence-corrected chi connectivity index (χ2v) is 5.36. The summed E-state index contributed by atoms with van der Waals surface area (Å²) in [7, 11) is 0. The smallest absolute Gasteiger partial charge is 0.0685 e. The van der Waals surface area contributed by atoms with Crippen LogP contribution >= 0.6 is 0 Å². The van der Waals surface area contributed by atoms with Crippen LogP contribution in [0.3, 0.4) is 0 Å². The van der Waals surface area contributed by atoms with E-state index >= 15 is 0 Å². The maximum absolute atomic E-state index is 9.39. The van der Waals surface area contributed by atoms with Crippen molar-refractivity contribution in [1.82, 2.24) is 5.32 Å². The van der Waals surface area contributed by atoms with Gasteiger partial charge in [-0.1, -0.05) is 62.4 Å². The average Bonchev–Trinajstić information content (AvgIpc) is 2.56. The Labute approximate surface area is 127 Å². The molecule has 0 saturated heterocycles. The fraction of sp³-hybridized carbons (Fsp3) is 0.368. The fourth-order valence-electron chi connectivity index (χ4n) is 2.60. The predicted octanol–water partition coefficient (Wildman–Crippen LogP) is 3.98. The molecule has 2 rings (SSSR count). The van der Waals surface area contributed by atoms with Crippen molar-refractivity contribution in [3.8, 4) is 0 Å². The van der Waals surface area contributed by atoms with E-state index < -0.39 is 0 Å². The molecule has 0 saturated carbocycles. The molecule has 2 nitrogen and oxygen atoms in total. The molecule has 0 aliphatic carbocycles. The summed E-state index contributed by atoms with van der Waals surface area (Å²) in [6.07, 6.45) is 2.13. The summed E-state index contributed by atoms with van der Waals surface area (Å²) in [6, 6.07) is 17.3. The largest absolute Gasteiger partial charge is 0.392 e. The van der Waals surface area contributed by atoms with E-state index in [4.69, 9.17) is 0 Å². The summed E-state index contributed by atoms with van der Waals surface area (Å²) in [5.74, 6) is 0. The Bertz CT molecular complexity index is 548. The Hall–Kier alpha value is -1.64. The van der Waals surface area contributed by atoms with Crippen LogP contribution in [0.4, 0.5) is 0 Å². The van der Waals surface area contributed by atoms with Gasteiger partial charge in [0.2, 0.25) is 0 Å². The minimum absolute atomic E-state index is 0.0971. The Morgan fingerprint density at radius 3 is 2.19 bits per heavy atom. The van der Waals surface area contributed by atoms with Crippen LogP contribution < -0.4 is 5.32 Å². The Kier molecular flexibility index (Phi) is 5.97. The van der Waals surface area contributed by atoms with Crippen molar-refractivity contribution < 1.29 is 5.11 Å². The van der Waals surface area contributed by atoms with E-state index in [1.54, 1.807) is 0 Å². The van der Waals surface area contributed by atoms with Gasteiger partial charge < -0.3 is 10.4 Å². The predicted molar refractivity (Wildman–Crippen MR) is 88.1 cm³/mol. The van der Waals surface area contributed by atoms with Gasteiger partial charge in [0, 0.05) is 12.6 Å². The topological polar surface area (TPSA) is 32.3 Å². The maximum Gasteiger partial charge on any atom is 0.0685 e. The highest BCUT2D eigenvalue weighted by molar-refractivity contribution is 5.28. The minimum atomic E-state index is 0.0971. The lowest BCUT2D eigenvalue weighted by molar-refractivity contribution is 0.280. The highest BCUT2D eigenvalue weighted by atomic mass is 16.3. The molecule has 0 radical (unpaired) electrons. The van der Waals surface area contributed by atoms with Gasteiger partial charge in [-0.05, 0) is 35.1 Å². The monoisotopic (exact) mass is 283 g/mol. The molecule has 1 atom stereocenters. The summed E-state index contributed by atoms with van der Waals surface area (Å²) in [4.78, 5) is 0. The number of hydrogen-bond acceptors (Lipinski definition) is 2. The molecule has 1 unspecified atom stereocenters. The van der Waals surface area contributed by atoms with E-state index in [9.17, 15) is 5.11 Å². The summed E-state index contributed by atoms with van der Waals surface area (Å²) in [5.41, 5.74) is 4.88. The number of aryl methyl sites for hydroxylation is 1. The van der Waals surface area contributed by atoms with Crippen molar-refractivity contribution in [3.63, 3.8) is 0 Å². The summed E-state index contributed by atoms with van der Waals surface area (Å²) >= 11 is 0. The zero-order chi connectivity index (χ0) is 15.1. The molecule has 0 aromatic heterocycles. The first-order chi connectivity index (χ1) is 10.3. The molecule has 2 aromatic carbocycles. The standard InChI is InChI=1S/C19H25NO/c1-3-15-9-11-16(12-10-15)19(4-2)20-13-17-7-5-6-8-18(17)14-21/h5-12,19-21H,3-4,13-14H2,1-2H3. The lowest BCUT2D eigenvalue weighted by atomic mass is 10.0. The number of nitrogens with one attached hydrogen (secondary N) is 1. The second kappa shape index (κ2) is 7.96. The number of aliphatic hydroxyl groups excluding tert-OH is 1. The highest BCUT2D eigenvalue weighted by Crippen LogP contribution is 2.19. The molecule has 21 heavy (non-hydrogen) atoms. The Balaban J connectivity index is 2.04. The van der Waals surface area contributed by atoms with Crippen LogP contribution in [0, 0.1) is 0 Å². The van der Waals surface area contributed by atoms with Crippen LogP contribution in [0.15, 0.2) is 48.5 Å². The Morgan fingerprint density at radius 1 is 0.952 bits per heavy atom. The third-order valence-electron chi connectivity index (χ3n) is 4.03. The van der Waals surface area contributed by atoms with Gasteiger partial charge in [0.25, 0.3) is 0 Å². The fourth-order valence-corrected chi connectivity index (χ4v) is 2.60. The van der Waals surface area contributed by atoms with Crippen LogP contribution in [0.1, 0.15) is 48.6 Å². The van der Waals surface area contributed by atoms with Crippen molar-refractivity contribution in [2.24, 2.45) is 0 Å². The molecular weight excluding hydrogens is 258 g/mol. The third-order valence-corrected chi connectivity index (χ3v) is 4.03. The molecule has 2 N–H and O–H groups in total. The van der Waals surface area contributed by atoms with Crippen molar-refractivity contribution in [2.45, 2.75) is 45.9 Å². The van der Waals surface area contributed by atoms with Gasteiger partial charge in [-0.3, -0.25) is 0 Å². The molecule has 0 amide bonds. The average molecular weight is 283 g/mol. The minimum Gasteiger partial charge on any atom is -0.392 e. The van der Waals surface area contributed by atoms with Crippen molar-refractivity contribution in [2.75, 3.05) is 0 Å². The van der Waals surface area contributed by atoms with Gasteiger partial charge >= 0.3 is 0 Å². The molecule has 0 bridgehead atoms. The molecule has 2 heteroatoms. The second-order valence-electron chi connectivity index (χ2n) is 5.36. The van der Waals surface area contributed by atoms with Gasteiger partial charge in [-0.25, -0.2) is 0 Å². The van der Waals surface area contributed by atoms with E-state index in [-0.39, 0.29) is 6.61 Å². The summed E-state index contributed by atoms with van der Waals surface area (Å²) < 4.78 is 0. The van der Waals surface area contributed by atoms with E-state index in [1.807, 2.05) is 18.2 Å². The SMILES string of the molecule is CCc1ccc(C(CC)NCc2ccccc2CO)cc1. The molecular formula is C19H25NO. The zero-order valence-electron chi connectivity index (χ0n) is 13.0. The van der Waals surface area contributed by atoms with E-state index in [2.05, 4.69) is 49.5 Å². The molecule has 112 valence electrons.